The molecule has 132 valence electrons. The molecule has 0 aliphatic rings. The summed E-state index contributed by atoms with van der Waals surface area (Å²) in [6, 6.07) is 16.2. The van der Waals surface area contributed by atoms with Crippen molar-refractivity contribution in [3.63, 3.8) is 0 Å². The van der Waals surface area contributed by atoms with Crippen molar-refractivity contribution in [1.29, 1.82) is 0 Å². The number of aliphatic imine (C=N–C) groups is 1. The lowest BCUT2D eigenvalue weighted by Crippen LogP contribution is -1.99. The first-order chi connectivity index (χ1) is 12.5. The Hall–Kier alpha value is -2.02. The number of rotatable bonds is 5. The molecule has 0 amide bonds. The van der Waals surface area contributed by atoms with Gasteiger partial charge in [-0.15, -0.1) is 0 Å². The Morgan fingerprint density at radius 2 is 2.00 bits per heavy atom. The Kier molecular flexibility index (Phi) is 6.19. The number of furan rings is 1. The number of carbonyl (C=O) groups excluding carboxylic acids is 1. The minimum Gasteiger partial charge on any atom is -0.465 e. The molecule has 3 aromatic rings. The summed E-state index contributed by atoms with van der Waals surface area (Å²) >= 11 is 10.9. The normalized spacial score (nSPS) is 11.0. The molecule has 4 nitrogen and oxygen atoms in total. The smallest absolute Gasteiger partial charge is 0.337 e. The molecule has 3 rings (SSSR count). The molecule has 7 heteroatoms. The molecule has 1 aromatic heterocycles. The second-order valence-electron chi connectivity index (χ2n) is 5.14. The lowest BCUT2D eigenvalue weighted by Gasteiger charge is -1.99. The van der Waals surface area contributed by atoms with E-state index in [1.165, 1.54) is 18.9 Å². The summed E-state index contributed by atoms with van der Waals surface area (Å²) in [6.07, 6.45) is 1.60. The van der Waals surface area contributed by atoms with Gasteiger partial charge >= 0.3 is 5.97 Å². The highest BCUT2D eigenvalue weighted by atomic mass is 79.9. The van der Waals surface area contributed by atoms with Gasteiger partial charge in [-0.2, -0.15) is 0 Å². The van der Waals surface area contributed by atoms with E-state index in [-0.39, 0.29) is 0 Å². The SMILES string of the molecule is COC(=O)c1cccc(N=Cc2cc(Br)c(Sc3ccc(Cl)cc3)o2)c1. The topological polar surface area (TPSA) is 51.8 Å². The molecule has 0 N–H and O–H groups in total. The quantitative estimate of drug-likeness (QED) is 0.334. The van der Waals surface area contributed by atoms with Gasteiger partial charge in [0.1, 0.15) is 5.76 Å². The summed E-state index contributed by atoms with van der Waals surface area (Å²) in [5, 5.41) is 1.41. The molecule has 0 aliphatic heterocycles. The molecule has 0 fully saturated rings. The average molecular weight is 451 g/mol. The van der Waals surface area contributed by atoms with Crippen LogP contribution in [-0.2, 0) is 4.74 Å². The number of hydrogen-bond donors (Lipinski definition) is 0. The van der Waals surface area contributed by atoms with Gasteiger partial charge in [0, 0.05) is 16.0 Å². The van der Waals surface area contributed by atoms with Crippen molar-refractivity contribution in [2.45, 2.75) is 9.99 Å². The van der Waals surface area contributed by atoms with Crippen molar-refractivity contribution in [3.8, 4) is 0 Å². The maximum absolute atomic E-state index is 11.6. The number of hydrogen-bond acceptors (Lipinski definition) is 5. The zero-order valence-electron chi connectivity index (χ0n) is 13.6. The molecule has 0 aliphatic carbocycles. The molecule has 0 spiro atoms. The van der Waals surface area contributed by atoms with Crippen molar-refractivity contribution >= 4 is 57.2 Å². The number of carbonyl (C=O) groups is 1. The minimum atomic E-state index is -0.399. The van der Waals surface area contributed by atoms with Crippen LogP contribution in [0.2, 0.25) is 5.02 Å². The third-order valence-corrected chi connectivity index (χ3v) is 5.41. The molecule has 0 saturated carbocycles. The summed E-state index contributed by atoms with van der Waals surface area (Å²) in [5.74, 6) is 0.196. The van der Waals surface area contributed by atoms with Gasteiger partial charge in [-0.05, 0) is 58.4 Å². The van der Waals surface area contributed by atoms with E-state index >= 15 is 0 Å². The zero-order chi connectivity index (χ0) is 18.5. The number of esters is 1. The van der Waals surface area contributed by atoms with Gasteiger partial charge in [0.05, 0.1) is 29.0 Å². The monoisotopic (exact) mass is 449 g/mol. The fraction of sp³-hybridized carbons (Fsp3) is 0.0526. The van der Waals surface area contributed by atoms with Crippen LogP contribution in [0.1, 0.15) is 16.1 Å². The number of benzene rings is 2. The Morgan fingerprint density at radius 1 is 1.23 bits per heavy atom. The molecule has 1 heterocycles. The summed E-state index contributed by atoms with van der Waals surface area (Å²) in [5.41, 5.74) is 1.08. The Morgan fingerprint density at radius 3 is 2.73 bits per heavy atom. The number of ether oxygens (including phenoxy) is 1. The highest BCUT2D eigenvalue weighted by Crippen LogP contribution is 2.36. The van der Waals surface area contributed by atoms with Gasteiger partial charge < -0.3 is 9.15 Å². The van der Waals surface area contributed by atoms with Gasteiger partial charge in [0.15, 0.2) is 5.09 Å². The van der Waals surface area contributed by atoms with Crippen molar-refractivity contribution in [2.75, 3.05) is 7.11 Å². The molecule has 0 bridgehead atoms. The second kappa shape index (κ2) is 8.58. The van der Waals surface area contributed by atoms with Gasteiger partial charge in [0.25, 0.3) is 0 Å². The minimum absolute atomic E-state index is 0.399. The summed E-state index contributed by atoms with van der Waals surface area (Å²) in [7, 11) is 1.35. The molecule has 2 aromatic carbocycles. The summed E-state index contributed by atoms with van der Waals surface area (Å²) in [4.78, 5) is 16.9. The van der Waals surface area contributed by atoms with Crippen LogP contribution in [0, 0.1) is 0 Å². The van der Waals surface area contributed by atoms with Gasteiger partial charge in [-0.25, -0.2) is 4.79 Å². The van der Waals surface area contributed by atoms with E-state index in [0.717, 1.165) is 14.5 Å². The molecule has 26 heavy (non-hydrogen) atoms. The van der Waals surface area contributed by atoms with Crippen molar-refractivity contribution in [2.24, 2.45) is 4.99 Å². The van der Waals surface area contributed by atoms with E-state index in [4.69, 9.17) is 20.8 Å². The van der Waals surface area contributed by atoms with Crippen LogP contribution in [0.5, 0.6) is 0 Å². The van der Waals surface area contributed by atoms with Gasteiger partial charge in [-0.3, -0.25) is 4.99 Å². The second-order valence-corrected chi connectivity index (χ2v) is 7.48. The molecule has 0 unspecified atom stereocenters. The number of halogens is 2. The van der Waals surface area contributed by atoms with Crippen LogP contribution < -0.4 is 0 Å². The summed E-state index contributed by atoms with van der Waals surface area (Å²) in [6.45, 7) is 0. The first-order valence-corrected chi connectivity index (χ1v) is 9.49. The fourth-order valence-electron chi connectivity index (χ4n) is 2.08. The molecule has 0 atom stereocenters. The number of nitrogens with zero attached hydrogens (tertiary/aromatic N) is 1. The Labute approximate surface area is 168 Å². The van der Waals surface area contributed by atoms with Gasteiger partial charge in [-0.1, -0.05) is 29.4 Å². The Balaban J connectivity index is 1.75. The van der Waals surface area contributed by atoms with Crippen LogP contribution in [-0.4, -0.2) is 19.3 Å². The fourth-order valence-corrected chi connectivity index (χ4v) is 3.54. The highest BCUT2D eigenvalue weighted by molar-refractivity contribution is 9.10. The first-order valence-electron chi connectivity index (χ1n) is 7.50. The van der Waals surface area contributed by atoms with E-state index in [0.29, 0.717) is 22.0 Å². The maximum Gasteiger partial charge on any atom is 0.337 e. The predicted octanol–water partition coefficient (Wildman–Crippen LogP) is 6.38. The Bertz CT molecular complexity index is 954. The molecular formula is C19H13BrClNO3S. The van der Waals surface area contributed by atoms with Crippen LogP contribution in [0.3, 0.4) is 0 Å². The number of methoxy groups -OCH3 is 1. The standard InChI is InChI=1S/C19H13BrClNO3S/c1-24-18(23)12-3-2-4-14(9-12)22-11-15-10-17(20)19(25-15)26-16-7-5-13(21)6-8-16/h2-11H,1H3. The third kappa shape index (κ3) is 4.78. The molecular weight excluding hydrogens is 438 g/mol. The van der Waals surface area contributed by atoms with Crippen molar-refractivity contribution in [3.05, 3.63) is 75.4 Å². The predicted molar refractivity (Wildman–Crippen MR) is 107 cm³/mol. The average Bonchev–Trinajstić information content (AvgIpc) is 3.01. The van der Waals surface area contributed by atoms with Crippen LogP contribution >= 0.6 is 39.3 Å². The maximum atomic E-state index is 11.6. The lowest BCUT2D eigenvalue weighted by atomic mass is 10.2. The highest BCUT2D eigenvalue weighted by Gasteiger charge is 2.10. The van der Waals surface area contributed by atoms with E-state index in [1.54, 1.807) is 30.5 Å². The van der Waals surface area contributed by atoms with Gasteiger partial charge in [0.2, 0.25) is 0 Å². The largest absolute Gasteiger partial charge is 0.465 e. The van der Waals surface area contributed by atoms with Crippen LogP contribution in [0.25, 0.3) is 0 Å². The molecule has 0 radical (unpaired) electrons. The van der Waals surface area contributed by atoms with E-state index in [2.05, 4.69) is 20.9 Å². The first kappa shape index (κ1) is 18.8. The van der Waals surface area contributed by atoms with Crippen molar-refractivity contribution in [1.82, 2.24) is 0 Å². The van der Waals surface area contributed by atoms with Crippen LogP contribution in [0.4, 0.5) is 5.69 Å². The van der Waals surface area contributed by atoms with Crippen molar-refractivity contribution < 1.29 is 13.9 Å². The lowest BCUT2D eigenvalue weighted by molar-refractivity contribution is 0.0601. The van der Waals surface area contributed by atoms with E-state index in [1.807, 2.05) is 30.3 Å². The molecule has 0 saturated heterocycles. The zero-order valence-corrected chi connectivity index (χ0v) is 16.8. The van der Waals surface area contributed by atoms with E-state index < -0.39 is 5.97 Å². The third-order valence-electron chi connectivity index (χ3n) is 3.31. The summed E-state index contributed by atoms with van der Waals surface area (Å²) < 4.78 is 11.4. The van der Waals surface area contributed by atoms with E-state index in [9.17, 15) is 4.79 Å². The van der Waals surface area contributed by atoms with Crippen LogP contribution in [0.15, 0.2) is 78.5 Å².